The summed E-state index contributed by atoms with van der Waals surface area (Å²) in [6.45, 7) is 16.1. The molecule has 1 N–H and O–H groups in total. The summed E-state index contributed by atoms with van der Waals surface area (Å²) in [7, 11) is 0. The second kappa shape index (κ2) is 13.7. The monoisotopic (exact) mass is 666 g/mol. The number of aliphatic hydroxyl groups is 1. The molecule has 11 heteroatoms. The number of fused-ring (bicyclic) bond motifs is 2. The van der Waals surface area contributed by atoms with Crippen molar-refractivity contribution in [2.24, 2.45) is 16.7 Å². The van der Waals surface area contributed by atoms with Crippen molar-refractivity contribution >= 4 is 35.9 Å². The molecule has 2 fully saturated rings. The van der Waals surface area contributed by atoms with Crippen LogP contribution in [0.25, 0.3) is 6.08 Å². The quantitative estimate of drug-likeness (QED) is 0.176. The van der Waals surface area contributed by atoms with Gasteiger partial charge in [-0.2, -0.15) is 0 Å². The molecule has 0 amide bonds. The number of benzene rings is 1. The van der Waals surface area contributed by atoms with Crippen molar-refractivity contribution in [3.8, 4) is 0 Å². The zero-order chi connectivity index (χ0) is 35.8. The van der Waals surface area contributed by atoms with Crippen LogP contribution in [0.2, 0.25) is 0 Å². The molecule has 3 aliphatic rings. The molecule has 1 aromatic carbocycles. The molecule has 8 atom stereocenters. The molecule has 0 heterocycles. The summed E-state index contributed by atoms with van der Waals surface area (Å²) in [6, 6.07) is 9.20. The van der Waals surface area contributed by atoms with Gasteiger partial charge < -0.3 is 28.8 Å². The van der Waals surface area contributed by atoms with Crippen molar-refractivity contribution in [1.82, 2.24) is 0 Å². The summed E-state index contributed by atoms with van der Waals surface area (Å²) >= 11 is 0. The van der Waals surface area contributed by atoms with Crippen molar-refractivity contribution in [3.05, 3.63) is 65.3 Å². The molecule has 0 aromatic heterocycles. The first kappa shape index (κ1) is 36.6. The third-order valence-corrected chi connectivity index (χ3v) is 10.3. The predicted octanol–water partition coefficient (Wildman–Crippen LogP) is 4.80. The van der Waals surface area contributed by atoms with E-state index in [2.05, 4.69) is 6.58 Å². The van der Waals surface area contributed by atoms with E-state index in [-0.39, 0.29) is 19.3 Å². The summed E-state index contributed by atoms with van der Waals surface area (Å²) in [5.41, 5.74) is -1.84. The van der Waals surface area contributed by atoms with Crippen molar-refractivity contribution in [2.75, 3.05) is 0 Å². The Balaban J connectivity index is 1.94. The summed E-state index contributed by atoms with van der Waals surface area (Å²) in [5, 5.41) is 12.0. The first-order chi connectivity index (χ1) is 22.3. The van der Waals surface area contributed by atoms with Gasteiger partial charge in [0.2, 0.25) is 0 Å². The minimum Gasteiger partial charge on any atom is -0.462 e. The van der Waals surface area contributed by atoms with Gasteiger partial charge in [0.25, 0.3) is 0 Å². The van der Waals surface area contributed by atoms with Gasteiger partial charge >= 0.3 is 29.8 Å². The molecule has 0 saturated heterocycles. The van der Waals surface area contributed by atoms with Crippen LogP contribution in [0.15, 0.2) is 59.7 Å². The third kappa shape index (κ3) is 6.97. The molecule has 260 valence electrons. The average molecular weight is 667 g/mol. The van der Waals surface area contributed by atoms with Gasteiger partial charge in [-0.25, -0.2) is 4.79 Å². The number of rotatable bonds is 8. The Morgan fingerprint density at radius 1 is 0.854 bits per heavy atom. The maximum atomic E-state index is 13.2. The first-order valence-corrected chi connectivity index (χ1v) is 16.1. The maximum absolute atomic E-state index is 13.2. The molecule has 0 unspecified atom stereocenters. The maximum Gasteiger partial charge on any atom is 0.331 e. The molecule has 2 saturated carbocycles. The van der Waals surface area contributed by atoms with Crippen LogP contribution in [-0.4, -0.2) is 71.1 Å². The fraction of sp³-hybridized carbons (Fsp3) is 0.541. The Morgan fingerprint density at radius 3 is 1.98 bits per heavy atom. The molecule has 0 aliphatic heterocycles. The molecule has 3 aliphatic carbocycles. The number of carbonyl (C=O) groups excluding carboxylic acids is 5. The van der Waals surface area contributed by atoms with Crippen LogP contribution >= 0.6 is 0 Å². The number of hydrogen-bond donors (Lipinski definition) is 1. The second-order valence-corrected chi connectivity index (χ2v) is 13.8. The highest BCUT2D eigenvalue weighted by molar-refractivity contribution is 5.87. The van der Waals surface area contributed by atoms with E-state index < -0.39 is 82.7 Å². The van der Waals surface area contributed by atoms with E-state index in [1.165, 1.54) is 33.8 Å². The van der Waals surface area contributed by atoms with Gasteiger partial charge in [-0.3, -0.25) is 19.2 Å². The van der Waals surface area contributed by atoms with E-state index in [1.54, 1.807) is 33.8 Å². The lowest BCUT2D eigenvalue weighted by molar-refractivity contribution is -0.202. The molecule has 1 aromatic rings. The van der Waals surface area contributed by atoms with Crippen molar-refractivity contribution in [3.63, 3.8) is 0 Å². The average Bonchev–Trinajstić information content (AvgIpc) is 3.20. The lowest BCUT2D eigenvalue weighted by Gasteiger charge is -2.53. The summed E-state index contributed by atoms with van der Waals surface area (Å²) < 4.78 is 29.7. The van der Waals surface area contributed by atoms with E-state index in [9.17, 15) is 29.1 Å². The highest BCUT2D eigenvalue weighted by atomic mass is 16.6. The highest BCUT2D eigenvalue weighted by Gasteiger charge is 2.69. The van der Waals surface area contributed by atoms with Gasteiger partial charge in [0.05, 0.1) is 11.0 Å². The normalized spacial score (nSPS) is 31.6. The molecule has 11 nitrogen and oxygen atoms in total. The largest absolute Gasteiger partial charge is 0.462 e. The Kier molecular flexibility index (Phi) is 10.4. The molecule has 48 heavy (non-hydrogen) atoms. The first-order valence-electron chi connectivity index (χ1n) is 16.1. The molecular formula is C37H46O11. The minimum atomic E-state index is -1.53. The SMILES string of the molecule is C=C1[C@@H](OC(=O)/C=C/c2ccccc2)C[C@H](OC(C)=O)[C@]2(C)[C@@H]1C[C@]1(C(C)(C)O)C[C@H](OC(C)=O)C(C)=C1[C@@H](OC(C)=O)[C@@H]2OC(C)=O. The number of carbonyl (C=O) groups is 5. The van der Waals surface area contributed by atoms with Gasteiger partial charge in [0.1, 0.15) is 18.3 Å². The van der Waals surface area contributed by atoms with Gasteiger partial charge in [-0.1, -0.05) is 43.8 Å². The van der Waals surface area contributed by atoms with E-state index in [0.717, 1.165) is 5.56 Å². The molecular weight excluding hydrogens is 620 g/mol. The fourth-order valence-corrected chi connectivity index (χ4v) is 8.06. The van der Waals surface area contributed by atoms with Crippen molar-refractivity contribution in [1.29, 1.82) is 0 Å². The van der Waals surface area contributed by atoms with Crippen molar-refractivity contribution < 1.29 is 52.8 Å². The Morgan fingerprint density at radius 2 is 1.44 bits per heavy atom. The Hall–Kier alpha value is -4.25. The predicted molar refractivity (Wildman–Crippen MR) is 174 cm³/mol. The van der Waals surface area contributed by atoms with Crippen LogP contribution in [0.3, 0.4) is 0 Å². The van der Waals surface area contributed by atoms with Crippen LogP contribution in [0.4, 0.5) is 0 Å². The zero-order valence-electron chi connectivity index (χ0n) is 28.9. The van der Waals surface area contributed by atoms with Gasteiger partial charge in [-0.05, 0) is 61.5 Å². The van der Waals surface area contributed by atoms with Crippen LogP contribution in [0.5, 0.6) is 0 Å². The lowest BCUT2D eigenvalue weighted by Crippen LogP contribution is -2.60. The van der Waals surface area contributed by atoms with Gasteiger partial charge in [0, 0.05) is 52.0 Å². The van der Waals surface area contributed by atoms with Gasteiger partial charge in [0.15, 0.2) is 12.2 Å². The van der Waals surface area contributed by atoms with Crippen LogP contribution < -0.4 is 0 Å². The molecule has 0 radical (unpaired) electrons. The standard InChI is InChI=1S/C37H46O11/c1-20-27-18-37(35(7,8)43)19-29(44-22(3)38)21(2)32(37)33(46-24(5)40)34(47-25(6)41)36(27,9)30(45-23(4)39)17-28(20)48-31(42)16-15-26-13-11-10-12-14-26/h10-16,27-30,33-34,43H,1,17-19H2,2-9H3/b16-15+/t27-,28+,29+,30+,33-,34+,36+,37+/m1/s1. The number of ether oxygens (including phenoxy) is 5. The summed E-state index contributed by atoms with van der Waals surface area (Å²) in [4.78, 5) is 63.7. The van der Waals surface area contributed by atoms with E-state index in [0.29, 0.717) is 16.7 Å². The lowest BCUT2D eigenvalue weighted by atomic mass is 9.56. The summed E-state index contributed by atoms with van der Waals surface area (Å²) in [5.74, 6) is -3.94. The second-order valence-electron chi connectivity index (χ2n) is 13.8. The van der Waals surface area contributed by atoms with Crippen LogP contribution in [-0.2, 0) is 47.7 Å². The van der Waals surface area contributed by atoms with Crippen LogP contribution in [0.1, 0.15) is 80.2 Å². The summed E-state index contributed by atoms with van der Waals surface area (Å²) in [6.07, 6.45) is -2.17. The van der Waals surface area contributed by atoms with Crippen molar-refractivity contribution in [2.45, 2.75) is 111 Å². The number of esters is 5. The molecule has 0 spiro atoms. The van der Waals surface area contributed by atoms with Crippen LogP contribution in [0, 0.1) is 16.7 Å². The Labute approximate surface area is 281 Å². The van der Waals surface area contributed by atoms with E-state index >= 15 is 0 Å². The smallest absolute Gasteiger partial charge is 0.331 e. The number of hydrogen-bond acceptors (Lipinski definition) is 11. The zero-order valence-corrected chi connectivity index (χ0v) is 28.9. The Bertz CT molecular complexity index is 1530. The fourth-order valence-electron chi connectivity index (χ4n) is 8.06. The van der Waals surface area contributed by atoms with Gasteiger partial charge in [-0.15, -0.1) is 0 Å². The highest BCUT2D eigenvalue weighted by Crippen LogP contribution is 2.65. The molecule has 4 rings (SSSR count). The minimum absolute atomic E-state index is 0.0233. The van der Waals surface area contributed by atoms with E-state index in [1.807, 2.05) is 30.3 Å². The molecule has 0 bridgehead atoms. The topological polar surface area (TPSA) is 152 Å². The van der Waals surface area contributed by atoms with E-state index in [4.69, 9.17) is 23.7 Å². The third-order valence-electron chi connectivity index (χ3n) is 10.3.